The maximum atomic E-state index is 2.76. The first-order chi connectivity index (χ1) is 19.8. The summed E-state index contributed by atoms with van der Waals surface area (Å²) in [6.45, 7) is 16.6. The Morgan fingerprint density at radius 2 is 1.14 bits per heavy atom. The Kier molecular flexibility index (Phi) is 9.78. The number of hydrogen-bond acceptors (Lipinski definition) is 0. The quantitative estimate of drug-likeness (QED) is 0.180. The molecule has 4 aromatic rings. The number of allylic oxidation sites excluding steroid dienone is 2. The molecule has 2 aliphatic carbocycles. The molecular weight excluding hydrogens is 671 g/mol. The number of halogens is 2. The molecule has 0 fully saturated rings. The van der Waals surface area contributed by atoms with Gasteiger partial charge in [-0.3, -0.25) is 0 Å². The Morgan fingerprint density at radius 3 is 1.66 bits per heavy atom. The molecule has 6 rings (SSSR count). The van der Waals surface area contributed by atoms with Crippen LogP contribution in [0.5, 0.6) is 0 Å². The van der Waals surface area contributed by atoms with Crippen molar-refractivity contribution in [2.45, 2.75) is 63.5 Å². The van der Waals surface area contributed by atoms with E-state index in [0.717, 1.165) is 0 Å². The molecule has 0 saturated heterocycles. The summed E-state index contributed by atoms with van der Waals surface area (Å²) in [5, 5.41) is 0. The molecule has 0 nitrogen and oxygen atoms in total. The van der Waals surface area contributed by atoms with Gasteiger partial charge < -0.3 is 0 Å². The van der Waals surface area contributed by atoms with Gasteiger partial charge in [-0.25, -0.2) is 0 Å². The molecular formula is C40H48Cl2SiZr. The molecule has 0 aromatic heterocycles. The molecule has 2 aliphatic rings. The zero-order valence-electron chi connectivity index (χ0n) is 27.6. The van der Waals surface area contributed by atoms with Gasteiger partial charge in [0.15, 0.2) is 0 Å². The van der Waals surface area contributed by atoms with Crippen molar-refractivity contribution < 1.29 is 17.4 Å². The van der Waals surface area contributed by atoms with Gasteiger partial charge >= 0.3 is 258 Å². The zero-order chi connectivity index (χ0) is 30.1. The largest absolute Gasteiger partial charge is 0.147 e. The summed E-state index contributed by atoms with van der Waals surface area (Å²) in [6, 6.07) is 34.5. The van der Waals surface area contributed by atoms with Gasteiger partial charge in [-0.1, -0.05) is 0 Å². The third-order valence-corrected chi connectivity index (χ3v) is 27.7. The van der Waals surface area contributed by atoms with Crippen LogP contribution < -0.4 is 0 Å². The molecule has 0 radical (unpaired) electrons. The van der Waals surface area contributed by atoms with Crippen LogP contribution in [0.4, 0.5) is 0 Å². The van der Waals surface area contributed by atoms with Crippen LogP contribution >= 0.6 is 24.8 Å². The molecule has 0 heterocycles. The van der Waals surface area contributed by atoms with Crippen LogP contribution in [0, 0.1) is 5.92 Å². The molecule has 0 amide bonds. The van der Waals surface area contributed by atoms with Crippen LogP contribution in [0.3, 0.4) is 0 Å². The average Bonchev–Trinajstić information content (AvgIpc) is 3.52. The molecule has 0 N–H and O–H groups in total. The van der Waals surface area contributed by atoms with Gasteiger partial charge in [0.2, 0.25) is 0 Å². The Balaban J connectivity index is 0.00000221. The Hall–Kier alpha value is -1.96. The van der Waals surface area contributed by atoms with Crippen molar-refractivity contribution in [2.75, 3.05) is 0 Å². The van der Waals surface area contributed by atoms with Crippen molar-refractivity contribution in [3.8, 4) is 22.3 Å². The van der Waals surface area contributed by atoms with Crippen molar-refractivity contribution in [1.82, 2.24) is 0 Å². The summed E-state index contributed by atoms with van der Waals surface area (Å²) in [7, 11) is 0. The van der Waals surface area contributed by atoms with Gasteiger partial charge in [0.25, 0.3) is 0 Å². The smallest absolute Gasteiger partial charge is 0.147 e. The van der Waals surface area contributed by atoms with Crippen LogP contribution in [0.15, 0.2) is 102 Å². The fourth-order valence-electron chi connectivity index (χ4n) is 8.23. The summed E-state index contributed by atoms with van der Waals surface area (Å²) < 4.78 is 6.56. The van der Waals surface area contributed by atoms with Crippen LogP contribution in [0.2, 0.25) is 9.26 Å². The predicted molar refractivity (Wildman–Crippen MR) is 199 cm³/mol. The van der Waals surface area contributed by atoms with E-state index in [1.807, 2.05) is 0 Å². The molecule has 2 unspecified atom stereocenters. The SMILES string of the molecule is CC1=Cc2c(-c3ccccc3)cccc2[CH]1[Zr]([CH3])([CH3])(=[SiH2])[CH]1C(C(C)C)=Cc2c(-c3ccc(C(C)(C)C)cc3)cccc21.Cl.Cl. The monoisotopic (exact) mass is 716 g/mol. The summed E-state index contributed by atoms with van der Waals surface area (Å²) in [5.74, 6) is 0.511. The van der Waals surface area contributed by atoms with Crippen molar-refractivity contribution in [3.05, 3.63) is 130 Å². The van der Waals surface area contributed by atoms with E-state index >= 15 is 0 Å². The maximum Gasteiger partial charge on any atom is -0.147 e. The van der Waals surface area contributed by atoms with E-state index in [2.05, 4.69) is 161 Å². The second-order valence-electron chi connectivity index (χ2n) is 15.3. The van der Waals surface area contributed by atoms with Gasteiger partial charge in [0, 0.05) is 0 Å². The Morgan fingerprint density at radius 1 is 0.636 bits per heavy atom. The Labute approximate surface area is 280 Å². The summed E-state index contributed by atoms with van der Waals surface area (Å²) in [6.07, 6.45) is 5.12. The minimum absolute atomic E-state index is 0. The minimum Gasteiger partial charge on any atom is -0.147 e. The number of rotatable bonds is 5. The van der Waals surface area contributed by atoms with Crippen LogP contribution in [-0.2, 0) is 22.8 Å². The van der Waals surface area contributed by atoms with Crippen LogP contribution in [-0.4, -0.2) is 6.88 Å². The van der Waals surface area contributed by atoms with Gasteiger partial charge in [-0.05, 0) is 0 Å². The third-order valence-electron chi connectivity index (χ3n) is 10.1. The van der Waals surface area contributed by atoms with Crippen molar-refractivity contribution in [1.29, 1.82) is 0 Å². The fourth-order valence-corrected chi connectivity index (χ4v) is 28.8. The second kappa shape index (κ2) is 12.3. The zero-order valence-corrected chi connectivity index (χ0v) is 33.1. The van der Waals surface area contributed by atoms with E-state index < -0.39 is 17.4 Å². The number of hydrogen-bond donors (Lipinski definition) is 0. The van der Waals surface area contributed by atoms with E-state index in [1.165, 1.54) is 38.9 Å². The molecule has 4 heteroatoms. The van der Waals surface area contributed by atoms with Gasteiger partial charge in [-0.2, -0.15) is 0 Å². The van der Waals surface area contributed by atoms with Crippen molar-refractivity contribution >= 4 is 43.8 Å². The molecule has 0 spiro atoms. The molecule has 44 heavy (non-hydrogen) atoms. The molecule has 0 bridgehead atoms. The second-order valence-corrected chi connectivity index (χ2v) is 45.8. The molecule has 0 saturated carbocycles. The van der Waals surface area contributed by atoms with Gasteiger partial charge in [-0.15, -0.1) is 24.8 Å². The average molecular weight is 719 g/mol. The van der Waals surface area contributed by atoms with E-state index in [0.29, 0.717) is 13.2 Å². The predicted octanol–water partition coefficient (Wildman–Crippen LogP) is 11.7. The maximum absolute atomic E-state index is 3.62. The van der Waals surface area contributed by atoms with E-state index in [9.17, 15) is 0 Å². The van der Waals surface area contributed by atoms with Crippen LogP contribution in [0.25, 0.3) is 34.4 Å². The van der Waals surface area contributed by atoms with E-state index in [4.69, 9.17) is 0 Å². The normalized spacial score (nSPS) is 17.7. The molecule has 230 valence electrons. The first-order valence-corrected chi connectivity index (χ1v) is 29.3. The first kappa shape index (κ1) is 34.9. The molecule has 2 atom stereocenters. The summed E-state index contributed by atoms with van der Waals surface area (Å²) in [5.41, 5.74) is 16.2. The fraction of sp³-hybridized carbons (Fsp3) is 0.300. The van der Waals surface area contributed by atoms with Crippen molar-refractivity contribution in [2.24, 2.45) is 5.92 Å². The Bertz CT molecular complexity index is 1820. The standard InChI is InChI=1S/C22H25.C16H13.2CH3.2ClH.H2Si.Zr/c1-15(2)18-13-17-7-6-8-20(21(17)14-18)16-9-11-19(12-10-16)22(3,4)5;1-12-10-14-8-5-9-15(16(14)11-12)13-6-3-2-4-7-13;;;;;;/h6-15H,1-5H3;2-11H,1H3;2*1H3;2*1H;1H2;. The summed E-state index contributed by atoms with van der Waals surface area (Å²) in [4.78, 5) is 0. The van der Waals surface area contributed by atoms with Crippen LogP contribution in [0.1, 0.15) is 76.6 Å². The number of benzene rings is 4. The minimum atomic E-state index is -3.62. The van der Waals surface area contributed by atoms with Gasteiger partial charge in [0.1, 0.15) is 0 Å². The first-order valence-electron chi connectivity index (χ1n) is 15.7. The van der Waals surface area contributed by atoms with Crippen molar-refractivity contribution in [3.63, 3.8) is 0 Å². The van der Waals surface area contributed by atoms with E-state index in [-0.39, 0.29) is 30.2 Å². The topological polar surface area (TPSA) is 0 Å². The van der Waals surface area contributed by atoms with E-state index in [1.54, 1.807) is 22.3 Å². The molecule has 0 aliphatic heterocycles. The van der Waals surface area contributed by atoms with Gasteiger partial charge in [0.05, 0.1) is 0 Å². The third kappa shape index (κ3) is 5.86. The summed E-state index contributed by atoms with van der Waals surface area (Å²) >= 11 is -3.62. The molecule has 4 aromatic carbocycles. The number of fused-ring (bicyclic) bond motifs is 2.